The first-order valence-corrected chi connectivity index (χ1v) is 5.13. The molecule has 3 nitrogen and oxygen atoms in total. The third-order valence-corrected chi connectivity index (χ3v) is 2.76. The van der Waals surface area contributed by atoms with E-state index in [9.17, 15) is 4.79 Å². The van der Waals surface area contributed by atoms with Gasteiger partial charge in [-0.15, -0.1) is 23.7 Å². The first-order valence-electron chi connectivity index (χ1n) is 3.46. The second-order valence-electron chi connectivity index (χ2n) is 2.18. The predicted octanol–water partition coefficient (Wildman–Crippen LogP) is 1.62. The normalized spacial score (nSPS) is 9.08. The minimum Gasteiger partial charge on any atom is -0.351 e. The van der Waals surface area contributed by atoms with Crippen LogP contribution in [0.4, 0.5) is 0 Å². The van der Waals surface area contributed by atoms with E-state index in [0.29, 0.717) is 18.7 Å². The van der Waals surface area contributed by atoms with Gasteiger partial charge in [0, 0.05) is 18.5 Å². The number of nitrogens with one attached hydrogen (secondary N) is 1. The molecule has 0 aliphatic carbocycles. The third-order valence-electron chi connectivity index (χ3n) is 1.26. The fourth-order valence-corrected chi connectivity index (χ4v) is 1.85. The molecule has 6 heteroatoms. The second-order valence-corrected chi connectivity index (χ2v) is 4.47. The molecule has 0 saturated carbocycles. The standard InChI is InChI=1S/C7H9BrN2OS.ClH/c8-6-3-5(4-12-6)7(11)10-2-1-9;/h3-4H,1-2,9H2,(H,10,11);1H. The molecular weight excluding hydrogens is 276 g/mol. The summed E-state index contributed by atoms with van der Waals surface area (Å²) in [4.78, 5) is 11.2. The SMILES string of the molecule is Cl.NCCNC(=O)c1csc(Br)c1. The lowest BCUT2D eigenvalue weighted by Gasteiger charge is -1.99. The summed E-state index contributed by atoms with van der Waals surface area (Å²) in [5, 5.41) is 4.49. The average molecular weight is 286 g/mol. The number of carbonyl (C=O) groups excluding carboxylic acids is 1. The highest BCUT2D eigenvalue weighted by Crippen LogP contribution is 2.20. The first kappa shape index (κ1) is 12.9. The van der Waals surface area contributed by atoms with Crippen molar-refractivity contribution in [1.82, 2.24) is 5.32 Å². The monoisotopic (exact) mass is 284 g/mol. The lowest BCUT2D eigenvalue weighted by atomic mass is 10.3. The predicted molar refractivity (Wildman–Crippen MR) is 60.7 cm³/mol. The van der Waals surface area contributed by atoms with Crippen LogP contribution in [0.3, 0.4) is 0 Å². The molecule has 1 heterocycles. The van der Waals surface area contributed by atoms with Gasteiger partial charge in [0.1, 0.15) is 0 Å². The average Bonchev–Trinajstić information content (AvgIpc) is 2.47. The van der Waals surface area contributed by atoms with Crippen molar-refractivity contribution in [1.29, 1.82) is 0 Å². The number of carbonyl (C=O) groups is 1. The van der Waals surface area contributed by atoms with Gasteiger partial charge < -0.3 is 11.1 Å². The maximum atomic E-state index is 11.2. The van der Waals surface area contributed by atoms with Crippen molar-refractivity contribution in [2.45, 2.75) is 0 Å². The van der Waals surface area contributed by atoms with Crippen molar-refractivity contribution in [3.05, 3.63) is 20.8 Å². The van der Waals surface area contributed by atoms with Crippen LogP contribution in [-0.4, -0.2) is 19.0 Å². The summed E-state index contributed by atoms with van der Waals surface area (Å²) in [5.74, 6) is -0.0672. The van der Waals surface area contributed by atoms with E-state index in [1.165, 1.54) is 11.3 Å². The first-order chi connectivity index (χ1) is 5.74. The Morgan fingerprint density at radius 3 is 2.85 bits per heavy atom. The van der Waals surface area contributed by atoms with E-state index in [1.54, 1.807) is 11.4 Å². The molecule has 1 aromatic heterocycles. The van der Waals surface area contributed by atoms with Crippen molar-refractivity contribution in [3.63, 3.8) is 0 Å². The lowest BCUT2D eigenvalue weighted by molar-refractivity contribution is 0.0955. The zero-order chi connectivity index (χ0) is 8.97. The number of halogens is 2. The highest BCUT2D eigenvalue weighted by atomic mass is 79.9. The fraction of sp³-hybridized carbons (Fsp3) is 0.286. The van der Waals surface area contributed by atoms with Crippen LogP contribution in [0, 0.1) is 0 Å². The molecule has 3 N–H and O–H groups in total. The molecule has 0 aliphatic heterocycles. The summed E-state index contributed by atoms with van der Waals surface area (Å²) in [7, 11) is 0. The van der Waals surface area contributed by atoms with E-state index in [1.807, 2.05) is 0 Å². The smallest absolute Gasteiger partial charge is 0.252 e. The Morgan fingerprint density at radius 1 is 1.69 bits per heavy atom. The van der Waals surface area contributed by atoms with Crippen LogP contribution >= 0.6 is 39.7 Å². The van der Waals surface area contributed by atoms with E-state index in [0.717, 1.165) is 3.79 Å². The maximum absolute atomic E-state index is 11.2. The van der Waals surface area contributed by atoms with E-state index in [2.05, 4.69) is 21.2 Å². The van der Waals surface area contributed by atoms with E-state index in [4.69, 9.17) is 5.73 Å². The number of thiophene rings is 1. The quantitative estimate of drug-likeness (QED) is 0.887. The van der Waals surface area contributed by atoms with Gasteiger partial charge in [-0.05, 0) is 22.0 Å². The number of amides is 1. The van der Waals surface area contributed by atoms with E-state index >= 15 is 0 Å². The molecule has 0 atom stereocenters. The van der Waals surface area contributed by atoms with Gasteiger partial charge in [-0.2, -0.15) is 0 Å². The molecule has 1 aromatic rings. The number of nitrogens with two attached hydrogens (primary N) is 1. The largest absolute Gasteiger partial charge is 0.351 e. The molecule has 1 rings (SSSR count). The summed E-state index contributed by atoms with van der Waals surface area (Å²) in [5.41, 5.74) is 5.92. The van der Waals surface area contributed by atoms with Crippen molar-refractivity contribution >= 4 is 45.6 Å². The molecule has 13 heavy (non-hydrogen) atoms. The van der Waals surface area contributed by atoms with Crippen molar-refractivity contribution < 1.29 is 4.79 Å². The molecule has 0 fully saturated rings. The molecule has 0 aromatic carbocycles. The van der Waals surface area contributed by atoms with Gasteiger partial charge in [-0.25, -0.2) is 0 Å². The van der Waals surface area contributed by atoms with Crippen molar-refractivity contribution in [3.8, 4) is 0 Å². The van der Waals surface area contributed by atoms with Crippen LogP contribution in [0.5, 0.6) is 0 Å². The topological polar surface area (TPSA) is 55.1 Å². The Labute approximate surface area is 95.2 Å². The molecule has 0 saturated heterocycles. The molecule has 1 amide bonds. The summed E-state index contributed by atoms with van der Waals surface area (Å²) in [6.07, 6.45) is 0. The van der Waals surface area contributed by atoms with E-state index in [-0.39, 0.29) is 18.3 Å². The number of rotatable bonds is 3. The van der Waals surface area contributed by atoms with Gasteiger partial charge in [0.05, 0.1) is 9.35 Å². The van der Waals surface area contributed by atoms with Gasteiger partial charge >= 0.3 is 0 Å². The Kier molecular flexibility index (Phi) is 6.32. The van der Waals surface area contributed by atoms with Gasteiger partial charge in [-0.1, -0.05) is 0 Å². The van der Waals surface area contributed by atoms with Gasteiger partial charge in [-0.3, -0.25) is 4.79 Å². The zero-order valence-corrected chi connectivity index (χ0v) is 9.97. The molecular formula is C7H10BrClN2OS. The molecule has 0 aliphatic rings. The highest BCUT2D eigenvalue weighted by Gasteiger charge is 2.05. The van der Waals surface area contributed by atoms with Crippen LogP contribution < -0.4 is 11.1 Å². The van der Waals surface area contributed by atoms with Crippen LogP contribution in [-0.2, 0) is 0 Å². The van der Waals surface area contributed by atoms with Crippen LogP contribution in [0.1, 0.15) is 10.4 Å². The zero-order valence-electron chi connectivity index (χ0n) is 6.75. The summed E-state index contributed by atoms with van der Waals surface area (Å²) in [6.45, 7) is 0.989. The molecule has 0 bridgehead atoms. The Balaban J connectivity index is 0.00000144. The van der Waals surface area contributed by atoms with Gasteiger partial charge in [0.25, 0.3) is 5.91 Å². The number of hydrogen-bond donors (Lipinski definition) is 2. The summed E-state index contributed by atoms with van der Waals surface area (Å²) >= 11 is 4.77. The molecule has 0 radical (unpaired) electrons. The fourth-order valence-electron chi connectivity index (χ4n) is 0.717. The summed E-state index contributed by atoms with van der Waals surface area (Å²) < 4.78 is 0.959. The summed E-state index contributed by atoms with van der Waals surface area (Å²) in [6, 6.07) is 1.79. The lowest BCUT2D eigenvalue weighted by Crippen LogP contribution is -2.28. The minimum absolute atomic E-state index is 0. The maximum Gasteiger partial charge on any atom is 0.252 e. The van der Waals surface area contributed by atoms with Crippen LogP contribution in [0.15, 0.2) is 15.2 Å². The number of hydrogen-bond acceptors (Lipinski definition) is 3. The van der Waals surface area contributed by atoms with Crippen LogP contribution in [0.2, 0.25) is 0 Å². The van der Waals surface area contributed by atoms with Crippen molar-refractivity contribution in [2.24, 2.45) is 5.73 Å². The third kappa shape index (κ3) is 4.08. The molecule has 0 unspecified atom stereocenters. The molecule has 0 spiro atoms. The Morgan fingerprint density at radius 2 is 2.38 bits per heavy atom. The van der Waals surface area contributed by atoms with Gasteiger partial charge in [0.2, 0.25) is 0 Å². The minimum atomic E-state index is -0.0672. The van der Waals surface area contributed by atoms with Crippen molar-refractivity contribution in [2.75, 3.05) is 13.1 Å². The van der Waals surface area contributed by atoms with E-state index < -0.39 is 0 Å². The van der Waals surface area contributed by atoms with Gasteiger partial charge in [0.15, 0.2) is 0 Å². The highest BCUT2D eigenvalue weighted by molar-refractivity contribution is 9.11. The Bertz CT molecular complexity index is 279. The molecule has 74 valence electrons. The Hall–Kier alpha value is -0.100. The van der Waals surface area contributed by atoms with Crippen LogP contribution in [0.25, 0.3) is 0 Å². The second kappa shape index (κ2) is 6.37.